The average Bonchev–Trinajstić information content (AvgIpc) is 2.17. The highest BCUT2D eigenvalue weighted by molar-refractivity contribution is 6.35. The van der Waals surface area contributed by atoms with Crippen molar-refractivity contribution in [3.63, 3.8) is 0 Å². The minimum atomic E-state index is 0.881. The molecule has 77 valence electrons. The first-order chi connectivity index (χ1) is 6.35. The first kappa shape index (κ1) is 13.1. The predicted octanol–water partition coefficient (Wildman–Crippen LogP) is 4.69. The van der Waals surface area contributed by atoms with Gasteiger partial charge < -0.3 is 0 Å². The van der Waals surface area contributed by atoms with Gasteiger partial charge >= 0.3 is 0 Å². The Kier molecular flexibility index (Phi) is 10.2. The number of unbranched alkanes of at least 4 members (excludes halogenated alkanes) is 5. The van der Waals surface area contributed by atoms with Gasteiger partial charge in [0.05, 0.1) is 0 Å². The Morgan fingerprint density at radius 2 is 1.54 bits per heavy atom. The van der Waals surface area contributed by atoms with E-state index >= 15 is 0 Å². The summed E-state index contributed by atoms with van der Waals surface area (Å²) in [6.07, 6.45) is 11.3. The third-order valence-corrected chi connectivity index (χ3v) is 2.92. The summed E-state index contributed by atoms with van der Waals surface area (Å²) < 4.78 is 0. The lowest BCUT2D eigenvalue weighted by Gasteiger charge is -2.10. The first-order valence-corrected chi connectivity index (χ1v) is 6.14. The minimum absolute atomic E-state index is 0.881. The van der Waals surface area contributed by atoms with E-state index in [1.54, 1.807) is 0 Å². The molecule has 0 aromatic rings. The van der Waals surface area contributed by atoms with Gasteiger partial charge in [0.15, 0.2) is 0 Å². The first-order valence-electron chi connectivity index (χ1n) is 6.14. The molecule has 13 heavy (non-hydrogen) atoms. The Morgan fingerprint density at radius 3 is 2.08 bits per heavy atom. The van der Waals surface area contributed by atoms with Crippen LogP contribution < -0.4 is 0 Å². The maximum atomic E-state index is 2.37. The van der Waals surface area contributed by atoms with Crippen LogP contribution in [0.5, 0.6) is 0 Å². The van der Waals surface area contributed by atoms with E-state index in [-0.39, 0.29) is 0 Å². The second-order valence-electron chi connectivity index (χ2n) is 4.06. The molecule has 0 amide bonds. The molecule has 0 aliphatic rings. The zero-order valence-corrected chi connectivity index (χ0v) is 9.81. The van der Waals surface area contributed by atoms with E-state index in [4.69, 9.17) is 0 Å². The van der Waals surface area contributed by atoms with Crippen LogP contribution >= 0.6 is 0 Å². The van der Waals surface area contributed by atoms with E-state index in [2.05, 4.69) is 28.0 Å². The lowest BCUT2D eigenvalue weighted by Crippen LogP contribution is -1.98. The molecule has 0 nitrogen and oxygen atoms in total. The fourth-order valence-electron chi connectivity index (χ4n) is 1.79. The van der Waals surface area contributed by atoms with Crippen LogP contribution in [0.3, 0.4) is 0 Å². The molecular formula is C12H26B. The standard InChI is InChI=1S/C12H26B/c1-4-6-7-8-9-10-11-12(5-2)13-3/h12H,4-11H2,1-3H3. The Morgan fingerprint density at radius 1 is 0.923 bits per heavy atom. The smallest absolute Gasteiger partial charge is 0.0917 e. The summed E-state index contributed by atoms with van der Waals surface area (Å²) in [5.74, 6) is 0.881. The lowest BCUT2D eigenvalue weighted by molar-refractivity contribution is 0.570. The van der Waals surface area contributed by atoms with Crippen molar-refractivity contribution in [3.05, 3.63) is 0 Å². The van der Waals surface area contributed by atoms with Crippen molar-refractivity contribution in [1.29, 1.82) is 0 Å². The van der Waals surface area contributed by atoms with Gasteiger partial charge in [-0.1, -0.05) is 77.9 Å². The topological polar surface area (TPSA) is 0 Å². The van der Waals surface area contributed by atoms with Gasteiger partial charge in [0.25, 0.3) is 0 Å². The summed E-state index contributed by atoms with van der Waals surface area (Å²) in [7, 11) is 2.37. The molecule has 0 aromatic carbocycles. The van der Waals surface area contributed by atoms with E-state index in [1.807, 2.05) is 0 Å². The highest BCUT2D eigenvalue weighted by Crippen LogP contribution is 2.18. The van der Waals surface area contributed by atoms with Gasteiger partial charge in [-0.2, -0.15) is 0 Å². The van der Waals surface area contributed by atoms with Crippen LogP contribution in [-0.2, 0) is 0 Å². The van der Waals surface area contributed by atoms with Crippen molar-refractivity contribution >= 4 is 7.28 Å². The quantitative estimate of drug-likeness (QED) is 0.357. The molecule has 0 rings (SSSR count). The zero-order chi connectivity index (χ0) is 9.94. The van der Waals surface area contributed by atoms with Gasteiger partial charge in [-0.25, -0.2) is 0 Å². The van der Waals surface area contributed by atoms with Crippen molar-refractivity contribution < 1.29 is 0 Å². The molecule has 1 atom stereocenters. The molecule has 0 spiro atoms. The zero-order valence-electron chi connectivity index (χ0n) is 9.81. The van der Waals surface area contributed by atoms with Crippen molar-refractivity contribution in [2.75, 3.05) is 0 Å². The molecule has 0 N–H and O–H groups in total. The van der Waals surface area contributed by atoms with Gasteiger partial charge in [0, 0.05) is 0 Å². The Balaban J connectivity index is 3.05. The van der Waals surface area contributed by atoms with Crippen molar-refractivity contribution in [2.45, 2.75) is 77.9 Å². The van der Waals surface area contributed by atoms with Crippen molar-refractivity contribution in [2.24, 2.45) is 0 Å². The molecule has 1 heteroatoms. The summed E-state index contributed by atoms with van der Waals surface area (Å²) in [5, 5.41) is 0. The van der Waals surface area contributed by atoms with E-state index in [1.165, 1.54) is 51.4 Å². The highest BCUT2D eigenvalue weighted by atomic mass is 14.0. The van der Waals surface area contributed by atoms with E-state index in [9.17, 15) is 0 Å². The average molecular weight is 181 g/mol. The normalized spacial score (nSPS) is 12.8. The second-order valence-corrected chi connectivity index (χ2v) is 4.06. The molecule has 1 unspecified atom stereocenters. The summed E-state index contributed by atoms with van der Waals surface area (Å²) in [5.41, 5.74) is 0. The van der Waals surface area contributed by atoms with Crippen LogP contribution in [0, 0.1) is 0 Å². The van der Waals surface area contributed by atoms with Crippen molar-refractivity contribution in [3.8, 4) is 0 Å². The molecule has 0 aliphatic heterocycles. The molecule has 0 heterocycles. The molecular weight excluding hydrogens is 155 g/mol. The van der Waals surface area contributed by atoms with Crippen LogP contribution in [0.2, 0.25) is 12.6 Å². The van der Waals surface area contributed by atoms with Gasteiger partial charge in [-0.05, 0) is 0 Å². The second kappa shape index (κ2) is 10.1. The number of hydrogen-bond acceptors (Lipinski definition) is 0. The van der Waals surface area contributed by atoms with Crippen LogP contribution in [0.15, 0.2) is 0 Å². The van der Waals surface area contributed by atoms with E-state index < -0.39 is 0 Å². The van der Waals surface area contributed by atoms with Crippen molar-refractivity contribution in [1.82, 2.24) is 0 Å². The summed E-state index contributed by atoms with van der Waals surface area (Å²) >= 11 is 0. The van der Waals surface area contributed by atoms with E-state index in [0.29, 0.717) is 0 Å². The van der Waals surface area contributed by atoms with E-state index in [0.717, 1.165) is 5.82 Å². The monoisotopic (exact) mass is 181 g/mol. The van der Waals surface area contributed by atoms with Crippen LogP contribution in [0.1, 0.15) is 65.2 Å². The molecule has 0 saturated heterocycles. The fourth-order valence-corrected chi connectivity index (χ4v) is 1.79. The Bertz CT molecular complexity index is 87.1. The van der Waals surface area contributed by atoms with Crippen LogP contribution in [-0.4, -0.2) is 7.28 Å². The van der Waals surface area contributed by atoms with Gasteiger partial charge in [0.2, 0.25) is 0 Å². The fraction of sp³-hybridized carbons (Fsp3) is 1.00. The largest absolute Gasteiger partial charge is 0.110 e. The highest BCUT2D eigenvalue weighted by Gasteiger charge is 2.02. The maximum Gasteiger partial charge on any atom is 0.110 e. The molecule has 1 radical (unpaired) electrons. The SMILES string of the molecule is C[B]C(CC)CCCCCCCC. The predicted molar refractivity (Wildman–Crippen MR) is 63.7 cm³/mol. The molecule has 0 bridgehead atoms. The van der Waals surface area contributed by atoms with Gasteiger partial charge in [-0.3, -0.25) is 0 Å². The third-order valence-electron chi connectivity index (χ3n) is 2.92. The van der Waals surface area contributed by atoms with Crippen LogP contribution in [0.4, 0.5) is 0 Å². The van der Waals surface area contributed by atoms with Gasteiger partial charge in [0.1, 0.15) is 7.28 Å². The summed E-state index contributed by atoms with van der Waals surface area (Å²) in [6, 6.07) is 0. The minimum Gasteiger partial charge on any atom is -0.0917 e. The molecule has 0 aliphatic carbocycles. The summed E-state index contributed by atoms with van der Waals surface area (Å²) in [4.78, 5) is 0. The lowest BCUT2D eigenvalue weighted by atomic mass is 9.63. The maximum absolute atomic E-state index is 2.37. The molecule has 0 saturated carbocycles. The third kappa shape index (κ3) is 8.40. The number of hydrogen-bond donors (Lipinski definition) is 0. The summed E-state index contributed by atoms with van der Waals surface area (Å²) in [6.45, 7) is 6.77. The Labute approximate surface area is 85.7 Å². The molecule has 0 aromatic heterocycles. The van der Waals surface area contributed by atoms with Crippen LogP contribution in [0.25, 0.3) is 0 Å². The Hall–Kier alpha value is 0.0649. The molecule has 0 fully saturated rings. The van der Waals surface area contributed by atoms with Gasteiger partial charge in [-0.15, -0.1) is 0 Å². The number of rotatable bonds is 9.